The van der Waals surface area contributed by atoms with E-state index >= 15 is 0 Å². The zero-order valence-corrected chi connectivity index (χ0v) is 10.4. The van der Waals surface area contributed by atoms with Crippen LogP contribution in [0, 0.1) is 5.92 Å². The van der Waals surface area contributed by atoms with Crippen molar-refractivity contribution in [3.8, 4) is 0 Å². The van der Waals surface area contributed by atoms with Crippen LogP contribution in [0.15, 0.2) is 0 Å². The van der Waals surface area contributed by atoms with Crippen molar-refractivity contribution < 1.29 is 9.53 Å². The Bertz CT molecular complexity index is 262. The molecule has 4 nitrogen and oxygen atoms in total. The van der Waals surface area contributed by atoms with E-state index in [0.717, 1.165) is 19.4 Å². The molecular formula is C12H22N2O2. The van der Waals surface area contributed by atoms with Gasteiger partial charge in [-0.3, -0.25) is 10.1 Å². The highest BCUT2D eigenvalue weighted by molar-refractivity contribution is 5.84. The molecule has 16 heavy (non-hydrogen) atoms. The molecular weight excluding hydrogens is 204 g/mol. The van der Waals surface area contributed by atoms with Crippen LogP contribution in [0.2, 0.25) is 0 Å². The van der Waals surface area contributed by atoms with Gasteiger partial charge in [0.15, 0.2) is 0 Å². The molecule has 0 aromatic carbocycles. The molecule has 1 atom stereocenters. The minimum Gasteiger partial charge on any atom is -0.378 e. The number of nitrogens with zero attached hydrogens (tertiary/aromatic N) is 1. The molecule has 1 N–H and O–H groups in total. The Morgan fingerprint density at radius 2 is 2.19 bits per heavy atom. The average Bonchev–Trinajstić information content (AvgIpc) is 2.53. The summed E-state index contributed by atoms with van der Waals surface area (Å²) < 4.78 is 5.52. The summed E-state index contributed by atoms with van der Waals surface area (Å²) >= 11 is 0. The smallest absolute Gasteiger partial charge is 0.241 e. The first-order chi connectivity index (χ1) is 7.63. The predicted octanol–water partition coefficient (Wildman–Crippen LogP) is 0.968. The summed E-state index contributed by atoms with van der Waals surface area (Å²) in [6.45, 7) is 7.68. The third-order valence-electron chi connectivity index (χ3n) is 3.61. The lowest BCUT2D eigenvalue weighted by atomic mass is 9.87. The Morgan fingerprint density at radius 3 is 2.69 bits per heavy atom. The molecule has 1 aliphatic heterocycles. The van der Waals surface area contributed by atoms with Crippen molar-refractivity contribution in [3.63, 3.8) is 0 Å². The lowest BCUT2D eigenvalue weighted by Gasteiger charge is -2.40. The second kappa shape index (κ2) is 4.72. The van der Waals surface area contributed by atoms with E-state index in [2.05, 4.69) is 19.2 Å². The number of hydrogen-bond donors (Lipinski definition) is 1. The topological polar surface area (TPSA) is 41.6 Å². The van der Waals surface area contributed by atoms with Gasteiger partial charge >= 0.3 is 0 Å². The van der Waals surface area contributed by atoms with Crippen LogP contribution < -0.4 is 5.32 Å². The maximum atomic E-state index is 12.1. The molecule has 1 unspecified atom stereocenters. The number of amides is 1. The number of rotatable bonds is 4. The van der Waals surface area contributed by atoms with Gasteiger partial charge in [-0.05, 0) is 25.7 Å². The molecule has 0 spiro atoms. The molecule has 2 rings (SSSR count). The maximum absolute atomic E-state index is 12.1. The van der Waals surface area contributed by atoms with Gasteiger partial charge in [0.1, 0.15) is 0 Å². The molecule has 1 heterocycles. The molecule has 92 valence electrons. The maximum Gasteiger partial charge on any atom is 0.241 e. The summed E-state index contributed by atoms with van der Waals surface area (Å²) in [6.07, 6.45) is 2.39. The third kappa shape index (κ3) is 2.09. The van der Waals surface area contributed by atoms with Crippen LogP contribution in [-0.2, 0) is 9.53 Å². The van der Waals surface area contributed by atoms with Crippen LogP contribution in [0.4, 0.5) is 0 Å². The van der Waals surface area contributed by atoms with Crippen molar-refractivity contribution >= 4 is 5.91 Å². The summed E-state index contributed by atoms with van der Waals surface area (Å²) in [7, 11) is 0. The molecule has 1 saturated heterocycles. The SMILES string of the molecule is CCOC1CC(N2CNC(C(C)C)C2=O)C1. The summed E-state index contributed by atoms with van der Waals surface area (Å²) in [5.41, 5.74) is 0. The molecule has 1 amide bonds. The van der Waals surface area contributed by atoms with Crippen molar-refractivity contribution in [1.82, 2.24) is 10.2 Å². The zero-order valence-electron chi connectivity index (χ0n) is 10.4. The first kappa shape index (κ1) is 11.9. The number of carbonyl (C=O) groups is 1. The first-order valence-corrected chi connectivity index (χ1v) is 6.29. The quantitative estimate of drug-likeness (QED) is 0.776. The van der Waals surface area contributed by atoms with Crippen molar-refractivity contribution in [2.45, 2.75) is 51.8 Å². The van der Waals surface area contributed by atoms with Gasteiger partial charge < -0.3 is 9.64 Å². The highest BCUT2D eigenvalue weighted by Crippen LogP contribution is 2.30. The molecule has 0 radical (unpaired) electrons. The van der Waals surface area contributed by atoms with Gasteiger partial charge in [-0.25, -0.2) is 0 Å². The van der Waals surface area contributed by atoms with Crippen molar-refractivity contribution in [3.05, 3.63) is 0 Å². The van der Waals surface area contributed by atoms with Gasteiger partial charge in [0.2, 0.25) is 5.91 Å². The molecule has 0 aromatic heterocycles. The van der Waals surface area contributed by atoms with E-state index in [1.807, 2.05) is 11.8 Å². The monoisotopic (exact) mass is 226 g/mol. The number of carbonyl (C=O) groups excluding carboxylic acids is 1. The largest absolute Gasteiger partial charge is 0.378 e. The molecule has 2 aliphatic rings. The average molecular weight is 226 g/mol. The molecule has 4 heteroatoms. The van der Waals surface area contributed by atoms with E-state index in [-0.39, 0.29) is 11.9 Å². The number of hydrogen-bond acceptors (Lipinski definition) is 3. The molecule has 0 aromatic rings. The standard InChI is InChI=1S/C12H22N2O2/c1-4-16-10-5-9(6-10)14-7-13-11(8(2)3)12(14)15/h8-11,13H,4-7H2,1-3H3. The fraction of sp³-hybridized carbons (Fsp3) is 0.917. The number of ether oxygens (including phenoxy) is 1. The predicted molar refractivity (Wildman–Crippen MR) is 61.9 cm³/mol. The summed E-state index contributed by atoms with van der Waals surface area (Å²) in [5.74, 6) is 0.648. The Hall–Kier alpha value is -0.610. The minimum absolute atomic E-state index is 0.0196. The summed E-state index contributed by atoms with van der Waals surface area (Å²) in [4.78, 5) is 14.1. The molecule has 1 aliphatic carbocycles. The van der Waals surface area contributed by atoms with Crippen molar-refractivity contribution in [1.29, 1.82) is 0 Å². The van der Waals surface area contributed by atoms with Crippen LogP contribution in [0.25, 0.3) is 0 Å². The van der Waals surface area contributed by atoms with Gasteiger partial charge in [0, 0.05) is 12.6 Å². The zero-order chi connectivity index (χ0) is 11.7. The van der Waals surface area contributed by atoms with E-state index in [1.54, 1.807) is 0 Å². The van der Waals surface area contributed by atoms with Crippen LogP contribution in [-0.4, -0.2) is 42.3 Å². The molecule has 1 saturated carbocycles. The second-order valence-corrected chi connectivity index (χ2v) is 5.09. The van der Waals surface area contributed by atoms with Gasteiger partial charge in [0.25, 0.3) is 0 Å². The van der Waals surface area contributed by atoms with Crippen LogP contribution in [0.1, 0.15) is 33.6 Å². The Kier molecular flexibility index (Phi) is 3.50. The van der Waals surface area contributed by atoms with E-state index in [9.17, 15) is 4.79 Å². The van der Waals surface area contributed by atoms with E-state index in [4.69, 9.17) is 4.74 Å². The van der Waals surface area contributed by atoms with E-state index < -0.39 is 0 Å². The number of nitrogens with one attached hydrogen (secondary N) is 1. The fourth-order valence-corrected chi connectivity index (χ4v) is 2.53. The van der Waals surface area contributed by atoms with Crippen molar-refractivity contribution in [2.75, 3.05) is 13.3 Å². The third-order valence-corrected chi connectivity index (χ3v) is 3.61. The summed E-state index contributed by atoms with van der Waals surface area (Å²) in [5, 5.41) is 3.29. The second-order valence-electron chi connectivity index (χ2n) is 5.09. The van der Waals surface area contributed by atoms with Crippen molar-refractivity contribution in [2.24, 2.45) is 5.92 Å². The Labute approximate surface area is 97.3 Å². The molecule has 2 fully saturated rings. The van der Waals surface area contributed by atoms with Crippen LogP contribution >= 0.6 is 0 Å². The highest BCUT2D eigenvalue weighted by atomic mass is 16.5. The first-order valence-electron chi connectivity index (χ1n) is 6.29. The minimum atomic E-state index is 0.0196. The fourth-order valence-electron chi connectivity index (χ4n) is 2.53. The molecule has 0 bridgehead atoms. The lowest BCUT2D eigenvalue weighted by molar-refractivity contribution is -0.136. The van der Waals surface area contributed by atoms with Crippen LogP contribution in [0.5, 0.6) is 0 Å². The lowest BCUT2D eigenvalue weighted by Crippen LogP contribution is -2.49. The van der Waals surface area contributed by atoms with Crippen LogP contribution in [0.3, 0.4) is 0 Å². The van der Waals surface area contributed by atoms with E-state index in [1.165, 1.54) is 0 Å². The Balaban J connectivity index is 1.83. The van der Waals surface area contributed by atoms with Gasteiger partial charge in [-0.15, -0.1) is 0 Å². The highest BCUT2D eigenvalue weighted by Gasteiger charge is 2.42. The van der Waals surface area contributed by atoms with Gasteiger partial charge in [-0.2, -0.15) is 0 Å². The Morgan fingerprint density at radius 1 is 1.50 bits per heavy atom. The van der Waals surface area contributed by atoms with E-state index in [0.29, 0.717) is 24.7 Å². The normalized spacial score (nSPS) is 34.6. The van der Waals surface area contributed by atoms with Gasteiger partial charge in [-0.1, -0.05) is 13.8 Å². The van der Waals surface area contributed by atoms with Gasteiger partial charge in [0.05, 0.1) is 18.8 Å². The summed E-state index contributed by atoms with van der Waals surface area (Å²) in [6, 6.07) is 0.423.